The number of hydrogen-bond donors (Lipinski definition) is 1. The highest BCUT2D eigenvalue weighted by Gasteiger charge is 2.23. The highest BCUT2D eigenvalue weighted by atomic mass is 16.6. The molecule has 0 aliphatic carbocycles. The van der Waals surface area contributed by atoms with Crippen molar-refractivity contribution in [3.8, 4) is 0 Å². The first-order valence-electron chi connectivity index (χ1n) is 8.61. The van der Waals surface area contributed by atoms with E-state index in [0.717, 1.165) is 5.69 Å². The minimum absolute atomic E-state index is 0.0127. The van der Waals surface area contributed by atoms with Crippen LogP contribution in [0, 0.1) is 10.1 Å². The van der Waals surface area contributed by atoms with Crippen LogP contribution in [-0.2, 0) is 4.79 Å². The molecule has 0 unspecified atom stereocenters. The molecule has 140 valence electrons. The summed E-state index contributed by atoms with van der Waals surface area (Å²) in [6, 6.07) is 13.2. The van der Waals surface area contributed by atoms with E-state index in [1.165, 1.54) is 18.2 Å². The van der Waals surface area contributed by atoms with Crippen molar-refractivity contribution in [1.29, 1.82) is 0 Å². The Kier molecular flexibility index (Phi) is 5.35. The van der Waals surface area contributed by atoms with Crippen LogP contribution in [0.3, 0.4) is 0 Å². The average molecular weight is 368 g/mol. The van der Waals surface area contributed by atoms with Gasteiger partial charge in [0.2, 0.25) is 5.91 Å². The quantitative estimate of drug-likeness (QED) is 0.661. The molecule has 1 saturated heterocycles. The topological polar surface area (TPSA) is 95.8 Å². The molecule has 8 heteroatoms. The molecule has 2 aromatic rings. The number of anilines is 2. The third kappa shape index (κ3) is 4.05. The second-order valence-electron chi connectivity index (χ2n) is 6.24. The minimum Gasteiger partial charge on any atom is -0.366 e. The van der Waals surface area contributed by atoms with Crippen molar-refractivity contribution in [1.82, 2.24) is 4.90 Å². The Hall–Kier alpha value is -3.42. The molecule has 0 bridgehead atoms. The molecule has 0 aromatic heterocycles. The number of nitro groups is 1. The van der Waals surface area contributed by atoms with Gasteiger partial charge in [-0.2, -0.15) is 0 Å². The third-order valence-electron chi connectivity index (χ3n) is 4.56. The Labute approximate surface area is 156 Å². The van der Waals surface area contributed by atoms with Crippen LogP contribution >= 0.6 is 0 Å². The Balaban J connectivity index is 1.80. The highest BCUT2D eigenvalue weighted by molar-refractivity contribution is 6.08. The first-order chi connectivity index (χ1) is 13.0. The summed E-state index contributed by atoms with van der Waals surface area (Å²) in [6.07, 6.45) is 0. The van der Waals surface area contributed by atoms with E-state index in [2.05, 4.69) is 10.2 Å². The van der Waals surface area contributed by atoms with Gasteiger partial charge in [0.25, 0.3) is 11.6 Å². The number of piperazine rings is 1. The number of nitro benzene ring substituents is 1. The van der Waals surface area contributed by atoms with Gasteiger partial charge < -0.3 is 15.1 Å². The molecule has 1 N–H and O–H groups in total. The van der Waals surface area contributed by atoms with E-state index >= 15 is 0 Å². The van der Waals surface area contributed by atoms with E-state index in [-0.39, 0.29) is 17.2 Å². The van der Waals surface area contributed by atoms with Crippen LogP contribution < -0.4 is 10.2 Å². The van der Waals surface area contributed by atoms with Crippen LogP contribution in [0.15, 0.2) is 48.5 Å². The van der Waals surface area contributed by atoms with Crippen molar-refractivity contribution in [3.63, 3.8) is 0 Å². The van der Waals surface area contributed by atoms with Gasteiger partial charge in [-0.1, -0.05) is 24.3 Å². The molecule has 1 fully saturated rings. The van der Waals surface area contributed by atoms with E-state index < -0.39 is 10.8 Å². The maximum Gasteiger partial charge on any atom is 0.282 e. The van der Waals surface area contributed by atoms with Gasteiger partial charge in [-0.25, -0.2) is 0 Å². The lowest BCUT2D eigenvalue weighted by Gasteiger charge is -2.36. The maximum atomic E-state index is 12.6. The van der Waals surface area contributed by atoms with Crippen LogP contribution in [0.1, 0.15) is 17.3 Å². The molecule has 2 amide bonds. The van der Waals surface area contributed by atoms with Crippen molar-refractivity contribution in [2.75, 3.05) is 36.4 Å². The van der Waals surface area contributed by atoms with E-state index in [0.29, 0.717) is 31.9 Å². The van der Waals surface area contributed by atoms with E-state index in [9.17, 15) is 19.7 Å². The van der Waals surface area contributed by atoms with Crippen LogP contribution in [0.2, 0.25) is 0 Å². The predicted molar refractivity (Wildman–Crippen MR) is 102 cm³/mol. The SMILES string of the molecule is CC(=O)N1CCN(c2ccccc2NC(=O)c2ccccc2[N+](=O)[O-])CC1. The number of para-hydroxylation sites is 3. The van der Waals surface area contributed by atoms with Gasteiger partial charge in [-0.05, 0) is 18.2 Å². The molecule has 0 atom stereocenters. The third-order valence-corrected chi connectivity index (χ3v) is 4.56. The van der Waals surface area contributed by atoms with Gasteiger partial charge in [0.1, 0.15) is 5.56 Å². The molecule has 1 aliphatic heterocycles. The summed E-state index contributed by atoms with van der Waals surface area (Å²) in [6.45, 7) is 4.08. The largest absolute Gasteiger partial charge is 0.366 e. The molecular weight excluding hydrogens is 348 g/mol. The number of carbonyl (C=O) groups excluding carboxylic acids is 2. The Morgan fingerprint density at radius 1 is 1.00 bits per heavy atom. The summed E-state index contributed by atoms with van der Waals surface area (Å²) < 4.78 is 0. The molecule has 1 heterocycles. The zero-order chi connectivity index (χ0) is 19.4. The lowest BCUT2D eigenvalue weighted by atomic mass is 10.1. The van der Waals surface area contributed by atoms with E-state index in [1.54, 1.807) is 30.0 Å². The number of benzene rings is 2. The van der Waals surface area contributed by atoms with Crippen molar-refractivity contribution in [2.45, 2.75) is 6.92 Å². The van der Waals surface area contributed by atoms with Crippen molar-refractivity contribution >= 4 is 28.9 Å². The first kappa shape index (κ1) is 18.4. The van der Waals surface area contributed by atoms with E-state index in [1.807, 2.05) is 12.1 Å². The summed E-state index contributed by atoms with van der Waals surface area (Å²) in [5, 5.41) is 14.0. The number of nitrogens with one attached hydrogen (secondary N) is 1. The van der Waals surface area contributed by atoms with Gasteiger partial charge in [-0.3, -0.25) is 19.7 Å². The summed E-state index contributed by atoms with van der Waals surface area (Å²) >= 11 is 0. The molecule has 27 heavy (non-hydrogen) atoms. The fraction of sp³-hybridized carbons (Fsp3) is 0.263. The highest BCUT2D eigenvalue weighted by Crippen LogP contribution is 2.28. The smallest absolute Gasteiger partial charge is 0.282 e. The van der Waals surface area contributed by atoms with E-state index in [4.69, 9.17) is 0 Å². The molecule has 0 radical (unpaired) electrons. The normalized spacial score (nSPS) is 14.0. The van der Waals surface area contributed by atoms with Crippen LogP contribution in [0.5, 0.6) is 0 Å². The number of hydrogen-bond acceptors (Lipinski definition) is 5. The fourth-order valence-electron chi connectivity index (χ4n) is 3.13. The van der Waals surface area contributed by atoms with Gasteiger partial charge >= 0.3 is 0 Å². The van der Waals surface area contributed by atoms with Crippen LogP contribution in [0.4, 0.5) is 17.1 Å². The predicted octanol–water partition coefficient (Wildman–Crippen LogP) is 2.52. The number of amides is 2. The molecule has 0 spiro atoms. The molecule has 3 rings (SSSR count). The fourth-order valence-corrected chi connectivity index (χ4v) is 3.13. The monoisotopic (exact) mass is 368 g/mol. The lowest BCUT2D eigenvalue weighted by molar-refractivity contribution is -0.385. The summed E-state index contributed by atoms with van der Waals surface area (Å²) in [7, 11) is 0. The second-order valence-corrected chi connectivity index (χ2v) is 6.24. The Bertz CT molecular complexity index is 876. The first-order valence-corrected chi connectivity index (χ1v) is 8.61. The minimum atomic E-state index is -0.568. The van der Waals surface area contributed by atoms with Crippen molar-refractivity contribution in [3.05, 3.63) is 64.2 Å². The molecule has 1 aliphatic rings. The Morgan fingerprint density at radius 3 is 2.30 bits per heavy atom. The number of rotatable bonds is 4. The zero-order valence-corrected chi connectivity index (χ0v) is 14.9. The van der Waals surface area contributed by atoms with Crippen molar-refractivity contribution in [2.24, 2.45) is 0 Å². The standard InChI is InChI=1S/C19H20N4O4/c1-14(24)21-10-12-22(13-11-21)18-9-5-3-7-16(18)20-19(25)15-6-2-4-8-17(15)23(26)27/h2-9H,10-13H2,1H3,(H,20,25). The lowest BCUT2D eigenvalue weighted by Crippen LogP contribution is -2.48. The average Bonchev–Trinajstić information content (AvgIpc) is 2.68. The second kappa shape index (κ2) is 7.86. The molecule has 8 nitrogen and oxygen atoms in total. The van der Waals surface area contributed by atoms with Crippen molar-refractivity contribution < 1.29 is 14.5 Å². The Morgan fingerprint density at radius 2 is 1.63 bits per heavy atom. The van der Waals surface area contributed by atoms with Crippen LogP contribution in [0.25, 0.3) is 0 Å². The summed E-state index contributed by atoms with van der Waals surface area (Å²) in [5.41, 5.74) is 1.19. The van der Waals surface area contributed by atoms with Gasteiger partial charge in [0, 0.05) is 39.2 Å². The number of nitrogens with zero attached hydrogens (tertiary/aromatic N) is 3. The molecular formula is C19H20N4O4. The number of carbonyl (C=O) groups is 2. The summed E-state index contributed by atoms with van der Waals surface area (Å²) in [5.74, 6) is -0.482. The maximum absolute atomic E-state index is 12.6. The van der Waals surface area contributed by atoms with Gasteiger partial charge in [0.15, 0.2) is 0 Å². The van der Waals surface area contributed by atoms with Gasteiger partial charge in [-0.15, -0.1) is 0 Å². The molecule has 2 aromatic carbocycles. The summed E-state index contributed by atoms with van der Waals surface area (Å²) in [4.78, 5) is 38.6. The molecule has 0 saturated carbocycles. The zero-order valence-electron chi connectivity index (χ0n) is 14.9. The van der Waals surface area contributed by atoms with Crippen LogP contribution in [-0.4, -0.2) is 47.8 Å². The van der Waals surface area contributed by atoms with Gasteiger partial charge in [0.05, 0.1) is 16.3 Å².